The van der Waals surface area contributed by atoms with Crippen LogP contribution < -0.4 is 0 Å². The highest BCUT2D eigenvalue weighted by Gasteiger charge is 2.18. The Kier molecular flexibility index (Phi) is 3.94. The van der Waals surface area contributed by atoms with Crippen molar-refractivity contribution in [2.24, 2.45) is 0 Å². The van der Waals surface area contributed by atoms with E-state index in [0.29, 0.717) is 11.1 Å². The summed E-state index contributed by atoms with van der Waals surface area (Å²) in [6.07, 6.45) is 2.72. The van der Waals surface area contributed by atoms with Gasteiger partial charge in [0.15, 0.2) is 11.6 Å². The minimum Gasteiger partial charge on any atom is -0.507 e. The van der Waals surface area contributed by atoms with Crippen LogP contribution in [-0.4, -0.2) is 21.7 Å². The number of carbonyl (C=O) groups excluding carboxylic acids is 2. The second-order valence-electron chi connectivity index (χ2n) is 4.74. The molecule has 0 saturated carbocycles. The Bertz CT molecular complexity index is 663. The van der Waals surface area contributed by atoms with Crippen LogP contribution >= 0.6 is 0 Å². The van der Waals surface area contributed by atoms with Gasteiger partial charge in [-0.2, -0.15) is 0 Å². The topological polar surface area (TPSA) is 67.3 Å². The zero-order valence-electron chi connectivity index (χ0n) is 11.4. The number of benzene rings is 1. The molecule has 1 N–H and O–H groups in total. The minimum atomic E-state index is -0.386. The predicted molar refractivity (Wildman–Crippen MR) is 75.1 cm³/mol. The number of phenols is 1. The summed E-state index contributed by atoms with van der Waals surface area (Å²) in [5.74, 6) is -0.746. The molecule has 4 nitrogen and oxygen atoms in total. The van der Waals surface area contributed by atoms with Crippen LogP contribution in [0.4, 0.5) is 0 Å². The van der Waals surface area contributed by atoms with Crippen molar-refractivity contribution >= 4 is 11.6 Å². The first-order chi connectivity index (χ1) is 9.49. The Morgan fingerprint density at radius 1 is 1.20 bits per heavy atom. The third-order valence-electron chi connectivity index (χ3n) is 3.05. The number of ketones is 2. The number of Topliss-reactive ketones (excluding diaryl/α,β-unsaturated/α-hetero) is 2. The van der Waals surface area contributed by atoms with Crippen LogP contribution in [0.15, 0.2) is 36.7 Å². The molecule has 0 radical (unpaired) electrons. The van der Waals surface area contributed by atoms with Gasteiger partial charge in [-0.05, 0) is 43.2 Å². The summed E-state index contributed by atoms with van der Waals surface area (Å²) in [5, 5.41) is 9.93. The molecule has 1 heterocycles. The maximum absolute atomic E-state index is 12.2. The van der Waals surface area contributed by atoms with E-state index in [2.05, 4.69) is 4.98 Å². The average Bonchev–Trinajstić information content (AvgIpc) is 2.43. The molecule has 0 aliphatic carbocycles. The van der Waals surface area contributed by atoms with E-state index in [0.717, 1.165) is 5.56 Å². The van der Waals surface area contributed by atoms with E-state index in [1.807, 2.05) is 6.92 Å². The normalized spacial score (nSPS) is 10.3. The highest BCUT2D eigenvalue weighted by molar-refractivity contribution is 6.14. The monoisotopic (exact) mass is 269 g/mol. The molecule has 20 heavy (non-hydrogen) atoms. The van der Waals surface area contributed by atoms with E-state index in [9.17, 15) is 14.7 Å². The largest absolute Gasteiger partial charge is 0.507 e. The van der Waals surface area contributed by atoms with Crippen LogP contribution in [0.5, 0.6) is 5.75 Å². The minimum absolute atomic E-state index is 0.0559. The number of hydrogen-bond donors (Lipinski definition) is 1. The van der Waals surface area contributed by atoms with Crippen molar-refractivity contribution in [2.45, 2.75) is 20.3 Å². The molecule has 0 saturated heterocycles. The number of pyridine rings is 1. The van der Waals surface area contributed by atoms with Crippen LogP contribution in [0.1, 0.15) is 38.3 Å². The van der Waals surface area contributed by atoms with Gasteiger partial charge in [0.2, 0.25) is 0 Å². The van der Waals surface area contributed by atoms with Gasteiger partial charge in [-0.3, -0.25) is 14.6 Å². The van der Waals surface area contributed by atoms with Crippen LogP contribution in [0.25, 0.3) is 0 Å². The summed E-state index contributed by atoms with van der Waals surface area (Å²) in [7, 11) is 0. The van der Waals surface area contributed by atoms with Crippen molar-refractivity contribution in [1.82, 2.24) is 4.98 Å². The summed E-state index contributed by atoms with van der Waals surface area (Å²) in [4.78, 5) is 28.0. The Labute approximate surface area is 117 Å². The zero-order valence-corrected chi connectivity index (χ0v) is 11.4. The van der Waals surface area contributed by atoms with Crippen LogP contribution in [0.3, 0.4) is 0 Å². The van der Waals surface area contributed by atoms with Gasteiger partial charge in [-0.25, -0.2) is 0 Å². The standard InChI is InChI=1S/C16H15NO3/c1-10-6-11(2)16(20)13(7-10)15(19)8-14(18)12-4-3-5-17-9-12/h3-7,9,20H,8H2,1-2H3. The number of aryl methyl sites for hydroxylation is 2. The lowest BCUT2D eigenvalue weighted by Crippen LogP contribution is -2.09. The van der Waals surface area contributed by atoms with Crippen molar-refractivity contribution in [3.63, 3.8) is 0 Å². The maximum atomic E-state index is 12.2. The second kappa shape index (κ2) is 5.65. The van der Waals surface area contributed by atoms with E-state index in [1.54, 1.807) is 37.4 Å². The lowest BCUT2D eigenvalue weighted by molar-refractivity contribution is 0.0892. The fraction of sp³-hybridized carbons (Fsp3) is 0.188. The Morgan fingerprint density at radius 3 is 2.60 bits per heavy atom. The molecule has 0 amide bonds. The molecule has 2 rings (SSSR count). The van der Waals surface area contributed by atoms with Crippen LogP contribution in [-0.2, 0) is 0 Å². The highest BCUT2D eigenvalue weighted by Crippen LogP contribution is 2.25. The Balaban J connectivity index is 2.23. The van der Waals surface area contributed by atoms with E-state index in [4.69, 9.17) is 0 Å². The molecule has 102 valence electrons. The van der Waals surface area contributed by atoms with Crippen molar-refractivity contribution < 1.29 is 14.7 Å². The smallest absolute Gasteiger partial charge is 0.174 e. The summed E-state index contributed by atoms with van der Waals surface area (Å²) >= 11 is 0. The second-order valence-corrected chi connectivity index (χ2v) is 4.74. The van der Waals surface area contributed by atoms with Crippen molar-refractivity contribution in [3.05, 3.63) is 58.9 Å². The van der Waals surface area contributed by atoms with Gasteiger partial charge >= 0.3 is 0 Å². The maximum Gasteiger partial charge on any atom is 0.174 e. The highest BCUT2D eigenvalue weighted by atomic mass is 16.3. The van der Waals surface area contributed by atoms with Crippen LogP contribution in [0, 0.1) is 13.8 Å². The van der Waals surface area contributed by atoms with E-state index in [-0.39, 0.29) is 29.3 Å². The summed E-state index contributed by atoms with van der Waals surface area (Å²) in [5.41, 5.74) is 2.09. The molecule has 0 unspecified atom stereocenters. The van der Waals surface area contributed by atoms with E-state index < -0.39 is 0 Å². The van der Waals surface area contributed by atoms with Crippen molar-refractivity contribution in [2.75, 3.05) is 0 Å². The molecule has 0 bridgehead atoms. The molecule has 0 aliphatic heterocycles. The quantitative estimate of drug-likeness (QED) is 0.684. The van der Waals surface area contributed by atoms with Crippen LogP contribution in [0.2, 0.25) is 0 Å². The van der Waals surface area contributed by atoms with Gasteiger partial charge in [0.05, 0.1) is 12.0 Å². The number of aromatic nitrogens is 1. The molecule has 0 atom stereocenters. The van der Waals surface area contributed by atoms with Gasteiger partial charge in [0.1, 0.15) is 5.75 Å². The first kappa shape index (κ1) is 13.9. The van der Waals surface area contributed by atoms with E-state index >= 15 is 0 Å². The first-order valence-corrected chi connectivity index (χ1v) is 6.25. The molecule has 4 heteroatoms. The fourth-order valence-electron chi connectivity index (χ4n) is 2.04. The van der Waals surface area contributed by atoms with E-state index in [1.165, 1.54) is 6.20 Å². The summed E-state index contributed by atoms with van der Waals surface area (Å²) in [6.45, 7) is 3.56. The molecule has 0 fully saturated rings. The molecular formula is C16H15NO3. The third-order valence-corrected chi connectivity index (χ3v) is 3.05. The van der Waals surface area contributed by atoms with Gasteiger partial charge in [-0.15, -0.1) is 0 Å². The first-order valence-electron chi connectivity index (χ1n) is 6.25. The molecule has 1 aromatic carbocycles. The average molecular weight is 269 g/mol. The summed E-state index contributed by atoms with van der Waals surface area (Å²) in [6, 6.07) is 6.65. The van der Waals surface area contributed by atoms with Gasteiger partial charge < -0.3 is 5.11 Å². The van der Waals surface area contributed by atoms with Crippen molar-refractivity contribution in [3.8, 4) is 5.75 Å². The number of phenolic OH excluding ortho intramolecular Hbond substituents is 1. The lowest BCUT2D eigenvalue weighted by Gasteiger charge is -2.08. The third kappa shape index (κ3) is 2.91. The zero-order chi connectivity index (χ0) is 14.7. The molecular weight excluding hydrogens is 254 g/mol. The fourth-order valence-corrected chi connectivity index (χ4v) is 2.04. The van der Waals surface area contributed by atoms with Gasteiger partial charge in [0.25, 0.3) is 0 Å². The predicted octanol–water partition coefficient (Wildman–Crippen LogP) is 2.86. The molecule has 0 spiro atoms. The van der Waals surface area contributed by atoms with Gasteiger partial charge in [0, 0.05) is 18.0 Å². The number of carbonyl (C=O) groups is 2. The van der Waals surface area contributed by atoms with Gasteiger partial charge in [-0.1, -0.05) is 6.07 Å². The number of hydrogen-bond acceptors (Lipinski definition) is 4. The Morgan fingerprint density at radius 2 is 1.95 bits per heavy atom. The van der Waals surface area contributed by atoms with Crippen molar-refractivity contribution in [1.29, 1.82) is 0 Å². The SMILES string of the molecule is Cc1cc(C)c(O)c(C(=O)CC(=O)c2cccnc2)c1. The summed E-state index contributed by atoms with van der Waals surface area (Å²) < 4.78 is 0. The number of aromatic hydroxyl groups is 1. The molecule has 0 aliphatic rings. The number of rotatable bonds is 4. The Hall–Kier alpha value is -2.49. The molecule has 2 aromatic rings. The number of nitrogens with zero attached hydrogens (tertiary/aromatic N) is 1. The molecule has 1 aromatic heterocycles. The lowest BCUT2D eigenvalue weighted by atomic mass is 9.98.